The van der Waals surface area contributed by atoms with E-state index in [-0.39, 0.29) is 17.7 Å². The lowest BCUT2D eigenvalue weighted by Gasteiger charge is -2.37. The number of nitrogens with zero attached hydrogens (tertiary/aromatic N) is 1. The van der Waals surface area contributed by atoms with Crippen molar-refractivity contribution in [2.45, 2.75) is 134 Å². The summed E-state index contributed by atoms with van der Waals surface area (Å²) in [5.74, 6) is 2.07. The molecular formula is C36H51N3O2. The number of nitrogens with two attached hydrogens (primary N) is 1. The summed E-state index contributed by atoms with van der Waals surface area (Å²) in [5, 5.41) is 3.08. The molecule has 2 aliphatic carbocycles. The average Bonchev–Trinajstić information content (AvgIpc) is 2.96. The second-order valence-electron chi connectivity index (χ2n) is 13.5. The number of nitrogens with one attached hydrogen (secondary N) is 1. The third kappa shape index (κ3) is 7.99. The number of Topliss-reactive ketones (excluding diaryl/α,β-unsaturated/α-hetero) is 1. The number of carbonyl (C=O) groups excluding carboxylic acids is 2. The van der Waals surface area contributed by atoms with Gasteiger partial charge in [0, 0.05) is 24.1 Å². The zero-order valence-corrected chi connectivity index (χ0v) is 25.3. The first-order valence-electron chi connectivity index (χ1n) is 16.6. The molecule has 0 radical (unpaired) electrons. The highest BCUT2D eigenvalue weighted by atomic mass is 16.1. The Morgan fingerprint density at radius 3 is 2.15 bits per heavy atom. The Balaban J connectivity index is 1.28. The number of carbonyl (C=O) groups is 2. The predicted octanol–water partition coefficient (Wildman–Crippen LogP) is 7.32. The minimum Gasteiger partial charge on any atom is -0.384 e. The van der Waals surface area contributed by atoms with Gasteiger partial charge in [-0.25, -0.2) is 0 Å². The van der Waals surface area contributed by atoms with Crippen molar-refractivity contribution in [1.82, 2.24) is 5.32 Å². The largest absolute Gasteiger partial charge is 0.384 e. The van der Waals surface area contributed by atoms with Crippen molar-refractivity contribution in [1.29, 1.82) is 0 Å². The smallest absolute Gasteiger partial charge is 0.244 e. The van der Waals surface area contributed by atoms with E-state index in [2.05, 4.69) is 36.5 Å². The highest BCUT2D eigenvalue weighted by molar-refractivity contribution is 6.12. The van der Waals surface area contributed by atoms with Gasteiger partial charge >= 0.3 is 0 Å². The van der Waals surface area contributed by atoms with Crippen molar-refractivity contribution in [2.24, 2.45) is 22.6 Å². The summed E-state index contributed by atoms with van der Waals surface area (Å²) < 4.78 is 0. The molecule has 0 saturated heterocycles. The van der Waals surface area contributed by atoms with E-state index in [0.717, 1.165) is 62.0 Å². The summed E-state index contributed by atoms with van der Waals surface area (Å²) in [6.45, 7) is 2.16. The van der Waals surface area contributed by atoms with Crippen LogP contribution in [0.3, 0.4) is 0 Å². The van der Waals surface area contributed by atoms with Crippen molar-refractivity contribution in [2.75, 3.05) is 0 Å². The van der Waals surface area contributed by atoms with Crippen LogP contribution in [0.1, 0.15) is 121 Å². The normalized spacial score (nSPS) is 26.3. The van der Waals surface area contributed by atoms with E-state index in [1.807, 2.05) is 6.08 Å². The minimum absolute atomic E-state index is 0.0310. The maximum absolute atomic E-state index is 14.3. The molecule has 3 N–H and O–H groups in total. The Hall–Kier alpha value is -2.69. The number of aliphatic imine (C=N–C) groups is 1. The van der Waals surface area contributed by atoms with Crippen molar-refractivity contribution >= 4 is 17.5 Å². The number of benzene rings is 1. The van der Waals surface area contributed by atoms with Crippen molar-refractivity contribution in [3.05, 3.63) is 58.7 Å². The average molecular weight is 558 g/mol. The van der Waals surface area contributed by atoms with Crippen LogP contribution < -0.4 is 11.1 Å². The molecule has 1 aromatic rings. The number of dihydropyridines is 1. The Morgan fingerprint density at radius 2 is 1.49 bits per heavy atom. The van der Waals surface area contributed by atoms with Gasteiger partial charge in [-0.15, -0.1) is 0 Å². The maximum atomic E-state index is 14.3. The lowest BCUT2D eigenvalue weighted by atomic mass is 9.71. The second kappa shape index (κ2) is 14.0. The van der Waals surface area contributed by atoms with E-state index in [4.69, 9.17) is 10.7 Å². The van der Waals surface area contributed by atoms with Crippen LogP contribution in [0.5, 0.6) is 0 Å². The molecule has 5 rings (SSSR count). The van der Waals surface area contributed by atoms with Gasteiger partial charge in [-0.3, -0.25) is 14.6 Å². The van der Waals surface area contributed by atoms with E-state index in [1.54, 1.807) is 6.08 Å². The Labute approximate surface area is 247 Å². The quantitative estimate of drug-likeness (QED) is 0.299. The van der Waals surface area contributed by atoms with Gasteiger partial charge in [0.05, 0.1) is 0 Å². The summed E-state index contributed by atoms with van der Waals surface area (Å²) in [6.07, 6.45) is 23.7. The van der Waals surface area contributed by atoms with Gasteiger partial charge in [0.2, 0.25) is 5.91 Å². The van der Waals surface area contributed by atoms with E-state index in [9.17, 15) is 9.59 Å². The molecule has 4 aliphatic rings. The van der Waals surface area contributed by atoms with E-state index in [1.165, 1.54) is 75.3 Å². The van der Waals surface area contributed by atoms with Crippen LogP contribution in [0.15, 0.2) is 52.6 Å². The summed E-state index contributed by atoms with van der Waals surface area (Å²) in [5.41, 5.74) is 10.1. The molecule has 5 heteroatoms. The first-order chi connectivity index (χ1) is 19.9. The molecule has 0 unspecified atom stereocenters. The standard InChI is InChI=1S/C36H51N3O2/c1-2-9-32-22-30(23-34(40)38-32)20-27-14-16-28(17-15-27)21-31-24-33(37)39-36(35(31)41,25-29-12-7-4-8-13-29)19-18-26-10-5-3-6-11-26/h14-17,23-24,26,29,32H,2-13,18-22,25H2,1H3,(H2,37,39)(H,38,40)/t32-,36+/m0/s1. The van der Waals surface area contributed by atoms with Gasteiger partial charge < -0.3 is 11.1 Å². The molecule has 222 valence electrons. The van der Waals surface area contributed by atoms with Crippen molar-refractivity contribution < 1.29 is 9.59 Å². The monoisotopic (exact) mass is 557 g/mol. The van der Waals surface area contributed by atoms with Crippen LogP contribution in [0.2, 0.25) is 0 Å². The lowest BCUT2D eigenvalue weighted by molar-refractivity contribution is -0.122. The molecule has 5 nitrogen and oxygen atoms in total. The van der Waals surface area contributed by atoms with Crippen LogP contribution in [0.4, 0.5) is 0 Å². The van der Waals surface area contributed by atoms with Crippen LogP contribution in [-0.2, 0) is 22.4 Å². The molecule has 0 bridgehead atoms. The molecule has 0 aromatic heterocycles. The molecule has 2 aliphatic heterocycles. The summed E-state index contributed by atoms with van der Waals surface area (Å²) in [7, 11) is 0. The minimum atomic E-state index is -0.684. The summed E-state index contributed by atoms with van der Waals surface area (Å²) in [4.78, 5) is 31.5. The SMILES string of the molecule is CCC[C@H]1CC(Cc2ccc(CC3=CC(N)=N[C@](CCC4CCCCC4)(CC4CCCCC4)C3=O)cc2)=CC(=O)N1. The number of rotatable bonds is 11. The first kappa shape index (κ1) is 29.8. The van der Waals surface area contributed by atoms with E-state index in [0.29, 0.717) is 18.2 Å². The Morgan fingerprint density at radius 1 is 0.854 bits per heavy atom. The Kier molecular flexibility index (Phi) is 10.2. The third-order valence-corrected chi connectivity index (χ3v) is 10.1. The second-order valence-corrected chi connectivity index (χ2v) is 13.5. The number of amides is 1. The van der Waals surface area contributed by atoms with E-state index >= 15 is 0 Å². The number of amidine groups is 1. The molecule has 2 heterocycles. The predicted molar refractivity (Wildman–Crippen MR) is 168 cm³/mol. The molecular weight excluding hydrogens is 506 g/mol. The van der Waals surface area contributed by atoms with Crippen molar-refractivity contribution in [3.8, 4) is 0 Å². The molecule has 2 atom stereocenters. The molecule has 41 heavy (non-hydrogen) atoms. The zero-order valence-electron chi connectivity index (χ0n) is 25.3. The van der Waals surface area contributed by atoms with Gasteiger partial charge in [0.25, 0.3) is 0 Å². The molecule has 1 amide bonds. The topological polar surface area (TPSA) is 84.5 Å². The molecule has 1 aromatic carbocycles. The maximum Gasteiger partial charge on any atom is 0.244 e. The molecule has 2 fully saturated rings. The van der Waals surface area contributed by atoms with Gasteiger partial charge in [0.1, 0.15) is 11.4 Å². The highest BCUT2D eigenvalue weighted by Gasteiger charge is 2.43. The van der Waals surface area contributed by atoms with Crippen LogP contribution in [-0.4, -0.2) is 29.1 Å². The van der Waals surface area contributed by atoms with Crippen LogP contribution in [0.25, 0.3) is 0 Å². The number of hydrogen-bond acceptors (Lipinski definition) is 4. The van der Waals surface area contributed by atoms with Crippen molar-refractivity contribution in [3.63, 3.8) is 0 Å². The summed E-state index contributed by atoms with van der Waals surface area (Å²) in [6, 6.07) is 8.84. The first-order valence-corrected chi connectivity index (χ1v) is 16.6. The number of hydrogen-bond donors (Lipinski definition) is 2. The van der Waals surface area contributed by atoms with Crippen LogP contribution >= 0.6 is 0 Å². The fourth-order valence-corrected chi connectivity index (χ4v) is 7.96. The highest BCUT2D eigenvalue weighted by Crippen LogP contribution is 2.41. The van der Waals surface area contributed by atoms with E-state index < -0.39 is 5.54 Å². The zero-order chi connectivity index (χ0) is 28.7. The van der Waals surface area contributed by atoms with Gasteiger partial charge in [-0.05, 0) is 67.6 Å². The number of ketones is 1. The summed E-state index contributed by atoms with van der Waals surface area (Å²) >= 11 is 0. The fraction of sp³-hybridized carbons (Fsp3) is 0.639. The van der Waals surface area contributed by atoms with Gasteiger partial charge in [-0.2, -0.15) is 0 Å². The fourth-order valence-electron chi connectivity index (χ4n) is 7.96. The van der Waals surface area contributed by atoms with Gasteiger partial charge in [-0.1, -0.05) is 107 Å². The molecule has 2 saturated carbocycles. The Bertz CT molecular complexity index is 1150. The molecule has 0 spiro atoms. The van der Waals surface area contributed by atoms with Crippen LogP contribution in [0, 0.1) is 11.8 Å². The third-order valence-electron chi connectivity index (χ3n) is 10.1. The lowest BCUT2D eigenvalue weighted by Crippen LogP contribution is -2.45. The van der Waals surface area contributed by atoms with Gasteiger partial charge in [0.15, 0.2) is 5.78 Å².